The summed E-state index contributed by atoms with van der Waals surface area (Å²) in [7, 11) is 0. The molecule has 0 amide bonds. The van der Waals surface area contributed by atoms with Crippen molar-refractivity contribution in [1.82, 2.24) is 20.4 Å². The molecule has 2 saturated heterocycles. The summed E-state index contributed by atoms with van der Waals surface area (Å²) in [6, 6.07) is 0.428. The first-order valence-electron chi connectivity index (χ1n) is 9.86. The van der Waals surface area contributed by atoms with Gasteiger partial charge in [-0.05, 0) is 45.2 Å². The van der Waals surface area contributed by atoms with Gasteiger partial charge in [-0.15, -0.1) is 0 Å². The van der Waals surface area contributed by atoms with Crippen LogP contribution in [0.4, 0.5) is 13.2 Å². The Balaban J connectivity index is 1.89. The van der Waals surface area contributed by atoms with Crippen LogP contribution < -0.4 is 10.6 Å². The molecule has 0 aromatic heterocycles. The molecule has 2 heterocycles. The molecule has 2 atom stereocenters. The third-order valence-corrected chi connectivity index (χ3v) is 5.18. The fourth-order valence-electron chi connectivity index (χ4n) is 3.87. The van der Waals surface area contributed by atoms with Gasteiger partial charge < -0.3 is 10.6 Å². The van der Waals surface area contributed by atoms with Crippen LogP contribution in [0.2, 0.25) is 0 Å². The van der Waals surface area contributed by atoms with Crippen LogP contribution in [0, 0.1) is 5.92 Å². The first kappa shape index (κ1) is 21.3. The Morgan fingerprint density at radius 3 is 2.46 bits per heavy atom. The lowest BCUT2D eigenvalue weighted by molar-refractivity contribution is -0.143. The highest BCUT2D eigenvalue weighted by Crippen LogP contribution is 2.20. The predicted octanol–water partition coefficient (Wildman–Crippen LogP) is 2.30. The lowest BCUT2D eigenvalue weighted by atomic mass is 10.0. The zero-order valence-electron chi connectivity index (χ0n) is 16.3. The number of hydrogen-bond donors (Lipinski definition) is 2. The van der Waals surface area contributed by atoms with E-state index in [1.54, 1.807) is 0 Å². The van der Waals surface area contributed by atoms with Crippen molar-refractivity contribution in [3.05, 3.63) is 0 Å². The number of guanidine groups is 1. The van der Waals surface area contributed by atoms with Gasteiger partial charge in [0.15, 0.2) is 5.96 Å². The van der Waals surface area contributed by atoms with E-state index in [2.05, 4.69) is 29.4 Å². The molecule has 2 rings (SSSR count). The maximum absolute atomic E-state index is 12.5. The first-order valence-corrected chi connectivity index (χ1v) is 9.86. The number of aliphatic imine (C=N–C) groups is 1. The van der Waals surface area contributed by atoms with E-state index >= 15 is 0 Å². The summed E-state index contributed by atoms with van der Waals surface area (Å²) in [5.74, 6) is 1.24. The third-order valence-electron chi connectivity index (χ3n) is 5.18. The zero-order valence-corrected chi connectivity index (χ0v) is 16.3. The molecule has 5 nitrogen and oxygen atoms in total. The molecule has 8 heteroatoms. The van der Waals surface area contributed by atoms with Crippen LogP contribution >= 0.6 is 0 Å². The Bertz CT molecular complexity index is 447. The standard InChI is InChI=1S/C18H34F3N5/c1-4-22-17(23-11-16(14(2)3)26-8-5-6-9-26)24-15-7-10-25(12-15)13-18(19,20)21/h14-16H,4-13H2,1-3H3,(H2,22,23,24). The molecule has 0 aromatic rings. The molecule has 0 aromatic carbocycles. The van der Waals surface area contributed by atoms with Gasteiger partial charge in [0.25, 0.3) is 0 Å². The summed E-state index contributed by atoms with van der Waals surface area (Å²) in [6.07, 6.45) is -0.918. The molecule has 0 bridgehead atoms. The Morgan fingerprint density at radius 1 is 1.19 bits per heavy atom. The molecule has 2 N–H and O–H groups in total. The molecule has 2 aliphatic rings. The highest BCUT2D eigenvalue weighted by molar-refractivity contribution is 5.80. The molecular weight excluding hydrogens is 343 g/mol. The van der Waals surface area contributed by atoms with Gasteiger partial charge in [0, 0.05) is 31.7 Å². The van der Waals surface area contributed by atoms with Crippen LogP contribution in [0.3, 0.4) is 0 Å². The lowest BCUT2D eigenvalue weighted by Crippen LogP contribution is -2.46. The van der Waals surface area contributed by atoms with Crippen LogP contribution in [0.15, 0.2) is 4.99 Å². The first-order chi connectivity index (χ1) is 12.3. The average molecular weight is 377 g/mol. The Kier molecular flexibility index (Phi) is 8.01. The monoisotopic (exact) mass is 377 g/mol. The zero-order chi connectivity index (χ0) is 19.2. The fourth-order valence-corrected chi connectivity index (χ4v) is 3.87. The second-order valence-corrected chi connectivity index (χ2v) is 7.75. The van der Waals surface area contributed by atoms with E-state index in [-0.39, 0.29) is 6.04 Å². The van der Waals surface area contributed by atoms with Crippen molar-refractivity contribution >= 4 is 5.96 Å². The Labute approximate surface area is 155 Å². The van der Waals surface area contributed by atoms with E-state index < -0.39 is 12.7 Å². The molecule has 2 unspecified atom stereocenters. The number of nitrogens with zero attached hydrogens (tertiary/aromatic N) is 3. The maximum atomic E-state index is 12.5. The van der Waals surface area contributed by atoms with Gasteiger partial charge >= 0.3 is 6.18 Å². The third kappa shape index (κ3) is 6.95. The predicted molar refractivity (Wildman–Crippen MR) is 99.4 cm³/mol. The molecule has 0 radical (unpaired) electrons. The van der Waals surface area contributed by atoms with Crippen molar-refractivity contribution in [2.75, 3.05) is 45.8 Å². The number of likely N-dealkylation sites (tertiary alicyclic amines) is 2. The minimum atomic E-state index is -4.13. The minimum Gasteiger partial charge on any atom is -0.357 e. The number of nitrogens with one attached hydrogen (secondary N) is 2. The molecule has 2 aliphatic heterocycles. The van der Waals surface area contributed by atoms with Gasteiger partial charge in [-0.1, -0.05) is 13.8 Å². The number of hydrogen-bond acceptors (Lipinski definition) is 3. The van der Waals surface area contributed by atoms with Gasteiger partial charge in [-0.3, -0.25) is 14.8 Å². The van der Waals surface area contributed by atoms with E-state index in [4.69, 9.17) is 4.99 Å². The van der Waals surface area contributed by atoms with Crippen LogP contribution in [0.1, 0.15) is 40.0 Å². The van der Waals surface area contributed by atoms with Crippen molar-refractivity contribution < 1.29 is 13.2 Å². The Morgan fingerprint density at radius 2 is 1.88 bits per heavy atom. The summed E-state index contributed by atoms with van der Waals surface area (Å²) >= 11 is 0. The smallest absolute Gasteiger partial charge is 0.357 e. The summed E-state index contributed by atoms with van der Waals surface area (Å²) in [5, 5.41) is 6.57. The molecule has 152 valence electrons. The number of rotatable bonds is 7. The van der Waals surface area contributed by atoms with Crippen molar-refractivity contribution in [1.29, 1.82) is 0 Å². The Hall–Kier alpha value is -1.02. The summed E-state index contributed by atoms with van der Waals surface area (Å²) in [5.41, 5.74) is 0. The van der Waals surface area contributed by atoms with Gasteiger partial charge in [0.05, 0.1) is 13.1 Å². The van der Waals surface area contributed by atoms with E-state index in [0.717, 1.165) is 25.6 Å². The topological polar surface area (TPSA) is 42.9 Å². The summed E-state index contributed by atoms with van der Waals surface area (Å²) in [6.45, 7) is 10.2. The molecular formula is C18H34F3N5. The number of alkyl halides is 3. The van der Waals surface area contributed by atoms with Crippen molar-refractivity contribution in [3.8, 4) is 0 Å². The average Bonchev–Trinajstić information content (AvgIpc) is 3.18. The van der Waals surface area contributed by atoms with Crippen molar-refractivity contribution in [3.63, 3.8) is 0 Å². The SMILES string of the molecule is CCNC(=NCC(C(C)C)N1CCCC1)NC1CCN(CC(F)(F)F)C1. The molecule has 26 heavy (non-hydrogen) atoms. The van der Waals surface area contributed by atoms with Crippen LogP contribution in [0.25, 0.3) is 0 Å². The van der Waals surface area contributed by atoms with E-state index in [9.17, 15) is 13.2 Å². The fraction of sp³-hybridized carbons (Fsp3) is 0.944. The van der Waals surface area contributed by atoms with Gasteiger partial charge in [-0.2, -0.15) is 13.2 Å². The summed E-state index contributed by atoms with van der Waals surface area (Å²) < 4.78 is 37.6. The molecule has 0 spiro atoms. The van der Waals surface area contributed by atoms with E-state index in [0.29, 0.717) is 38.0 Å². The van der Waals surface area contributed by atoms with Gasteiger partial charge in [0.1, 0.15) is 0 Å². The van der Waals surface area contributed by atoms with Gasteiger partial charge in [0.2, 0.25) is 0 Å². The second-order valence-electron chi connectivity index (χ2n) is 7.75. The van der Waals surface area contributed by atoms with Crippen LogP contribution in [-0.4, -0.2) is 79.8 Å². The molecule has 0 aliphatic carbocycles. The number of halogens is 3. The van der Waals surface area contributed by atoms with Crippen molar-refractivity contribution in [2.24, 2.45) is 10.9 Å². The van der Waals surface area contributed by atoms with Crippen molar-refractivity contribution in [2.45, 2.75) is 58.3 Å². The normalized spacial score (nSPS) is 24.4. The van der Waals surface area contributed by atoms with E-state index in [1.165, 1.54) is 17.7 Å². The highest BCUT2D eigenvalue weighted by atomic mass is 19.4. The lowest BCUT2D eigenvalue weighted by Gasteiger charge is -2.30. The maximum Gasteiger partial charge on any atom is 0.401 e. The quantitative estimate of drug-likeness (QED) is 0.528. The van der Waals surface area contributed by atoms with E-state index in [1.807, 2.05) is 6.92 Å². The largest absolute Gasteiger partial charge is 0.401 e. The highest BCUT2D eigenvalue weighted by Gasteiger charge is 2.34. The molecule has 0 saturated carbocycles. The minimum absolute atomic E-state index is 0.0134. The van der Waals surface area contributed by atoms with Crippen LogP contribution in [0.5, 0.6) is 0 Å². The summed E-state index contributed by atoms with van der Waals surface area (Å²) in [4.78, 5) is 8.73. The molecule has 2 fully saturated rings. The van der Waals surface area contributed by atoms with Crippen LogP contribution in [-0.2, 0) is 0 Å². The second kappa shape index (κ2) is 9.78. The van der Waals surface area contributed by atoms with Gasteiger partial charge in [-0.25, -0.2) is 0 Å².